The molecular weight excluding hydrogens is 313 g/mol. The van der Waals surface area contributed by atoms with Gasteiger partial charge in [0, 0.05) is 16.5 Å². The second-order valence-corrected chi connectivity index (χ2v) is 4.45. The number of rotatable bonds is 2. The maximum Gasteiger partial charge on any atom is 0.255 e. The fraction of sp³-hybridized carbons (Fsp3) is 0. The van der Waals surface area contributed by atoms with E-state index in [-0.39, 0.29) is 16.5 Å². The summed E-state index contributed by atoms with van der Waals surface area (Å²) in [5.41, 5.74) is -1.45. The van der Waals surface area contributed by atoms with Crippen molar-refractivity contribution in [2.24, 2.45) is 0 Å². The summed E-state index contributed by atoms with van der Waals surface area (Å²) < 4.78 is 65.8. The smallest absolute Gasteiger partial charge is 0.255 e. The van der Waals surface area contributed by atoms with Gasteiger partial charge >= 0.3 is 0 Å². The minimum atomic E-state index is -1.74. The second kappa shape index (κ2) is 5.72. The lowest BCUT2D eigenvalue weighted by Gasteiger charge is -2.09. The summed E-state index contributed by atoms with van der Waals surface area (Å²) in [6, 6.07) is 2.95. The molecule has 0 aromatic heterocycles. The maximum atomic E-state index is 13.4. The third-order valence-corrected chi connectivity index (χ3v) is 2.90. The summed E-state index contributed by atoms with van der Waals surface area (Å²) in [5.74, 6) is -8.57. The van der Waals surface area contributed by atoms with Crippen LogP contribution in [0.5, 0.6) is 0 Å². The highest BCUT2D eigenvalue weighted by molar-refractivity contribution is 7.80. The molecule has 0 aliphatic rings. The molecule has 0 bridgehead atoms. The van der Waals surface area contributed by atoms with E-state index in [2.05, 4.69) is 12.6 Å². The average molecular weight is 319 g/mol. The number of carbonyl (C=O) groups is 1. The van der Waals surface area contributed by atoms with E-state index in [1.807, 2.05) is 0 Å². The van der Waals surface area contributed by atoms with Crippen LogP contribution in [0.25, 0.3) is 0 Å². The van der Waals surface area contributed by atoms with Gasteiger partial charge in [-0.15, -0.1) is 12.6 Å². The first kappa shape index (κ1) is 15.3. The third kappa shape index (κ3) is 2.99. The molecule has 0 saturated heterocycles. The molecule has 0 aliphatic carbocycles. The van der Waals surface area contributed by atoms with E-state index in [9.17, 15) is 26.7 Å². The molecular formula is C13H6F5NOS. The predicted octanol–water partition coefficient (Wildman–Crippen LogP) is 3.92. The van der Waals surface area contributed by atoms with Crippen molar-refractivity contribution in [2.75, 3.05) is 5.32 Å². The first-order valence-electron chi connectivity index (χ1n) is 5.44. The summed E-state index contributed by atoms with van der Waals surface area (Å²) in [7, 11) is 0. The number of carbonyl (C=O) groups excluding carboxylic acids is 1. The minimum absolute atomic E-state index is 0.0179. The molecule has 110 valence electrons. The van der Waals surface area contributed by atoms with Crippen LogP contribution in [-0.4, -0.2) is 5.91 Å². The van der Waals surface area contributed by atoms with Crippen molar-refractivity contribution in [3.63, 3.8) is 0 Å². The van der Waals surface area contributed by atoms with E-state index in [0.29, 0.717) is 0 Å². The van der Waals surface area contributed by atoms with Gasteiger partial charge in [0.2, 0.25) is 0 Å². The molecule has 0 aliphatic heterocycles. The van der Waals surface area contributed by atoms with E-state index < -0.39 is 40.7 Å². The zero-order valence-electron chi connectivity index (χ0n) is 10.1. The fourth-order valence-electron chi connectivity index (χ4n) is 1.52. The summed E-state index contributed by atoms with van der Waals surface area (Å²) in [6.45, 7) is 0. The summed E-state index contributed by atoms with van der Waals surface area (Å²) in [5, 5.41) is 1.70. The molecule has 21 heavy (non-hydrogen) atoms. The van der Waals surface area contributed by atoms with E-state index >= 15 is 0 Å². The van der Waals surface area contributed by atoms with Crippen LogP contribution in [0.15, 0.2) is 29.2 Å². The lowest BCUT2D eigenvalue weighted by atomic mass is 10.2. The molecule has 2 nitrogen and oxygen atoms in total. The summed E-state index contributed by atoms with van der Waals surface area (Å²) in [6.07, 6.45) is 0. The van der Waals surface area contributed by atoms with Gasteiger partial charge in [-0.25, -0.2) is 22.0 Å². The summed E-state index contributed by atoms with van der Waals surface area (Å²) in [4.78, 5) is 11.6. The van der Waals surface area contributed by atoms with E-state index in [1.54, 1.807) is 5.32 Å². The highest BCUT2D eigenvalue weighted by Gasteiger charge is 2.21. The van der Waals surface area contributed by atoms with Gasteiger partial charge in [-0.2, -0.15) is 0 Å². The first-order chi connectivity index (χ1) is 9.81. The Balaban J connectivity index is 2.38. The lowest BCUT2D eigenvalue weighted by Crippen LogP contribution is -2.16. The van der Waals surface area contributed by atoms with Gasteiger partial charge in [0.1, 0.15) is 11.5 Å². The van der Waals surface area contributed by atoms with Crippen LogP contribution < -0.4 is 5.32 Å². The van der Waals surface area contributed by atoms with Crippen LogP contribution >= 0.6 is 12.6 Å². The molecule has 0 heterocycles. The van der Waals surface area contributed by atoms with E-state index in [0.717, 1.165) is 18.2 Å². The van der Waals surface area contributed by atoms with Crippen molar-refractivity contribution < 1.29 is 26.7 Å². The standard InChI is InChI=1S/C13H6F5NOS/c14-6-2-1-5(3-9(6)21)13(20)19-12-10(17)7(15)4-8(16)11(12)18/h1-4,21H,(H,19,20). The highest BCUT2D eigenvalue weighted by atomic mass is 32.1. The van der Waals surface area contributed by atoms with Gasteiger partial charge < -0.3 is 5.32 Å². The van der Waals surface area contributed by atoms with Crippen molar-refractivity contribution in [2.45, 2.75) is 4.90 Å². The van der Waals surface area contributed by atoms with Crippen molar-refractivity contribution in [3.8, 4) is 0 Å². The third-order valence-electron chi connectivity index (χ3n) is 2.56. The SMILES string of the molecule is O=C(Nc1c(F)c(F)cc(F)c1F)c1ccc(F)c(S)c1. The van der Waals surface area contributed by atoms with Crippen LogP contribution in [0.2, 0.25) is 0 Å². The van der Waals surface area contributed by atoms with E-state index in [4.69, 9.17) is 0 Å². The van der Waals surface area contributed by atoms with Crippen molar-refractivity contribution in [1.29, 1.82) is 0 Å². The Morgan fingerprint density at radius 3 is 2.00 bits per heavy atom. The van der Waals surface area contributed by atoms with E-state index in [1.165, 1.54) is 0 Å². The Labute approximate surface area is 121 Å². The van der Waals surface area contributed by atoms with Gasteiger partial charge in [0.25, 0.3) is 5.91 Å². The highest BCUT2D eigenvalue weighted by Crippen LogP contribution is 2.25. The molecule has 1 amide bonds. The fourth-order valence-corrected chi connectivity index (χ4v) is 1.74. The molecule has 0 spiro atoms. The monoisotopic (exact) mass is 319 g/mol. The molecule has 8 heteroatoms. The molecule has 1 N–H and O–H groups in total. The number of benzene rings is 2. The Morgan fingerprint density at radius 1 is 0.905 bits per heavy atom. The Bertz CT molecular complexity index is 709. The second-order valence-electron chi connectivity index (χ2n) is 3.96. The number of amides is 1. The molecule has 0 unspecified atom stereocenters. The Hall–Kier alpha value is -2.09. The summed E-state index contributed by atoms with van der Waals surface area (Å²) >= 11 is 3.74. The number of hydrogen-bond acceptors (Lipinski definition) is 2. The van der Waals surface area contributed by atoms with Gasteiger partial charge in [0.05, 0.1) is 0 Å². The van der Waals surface area contributed by atoms with Gasteiger partial charge in [-0.1, -0.05) is 0 Å². The Kier molecular flexibility index (Phi) is 4.17. The van der Waals surface area contributed by atoms with Gasteiger partial charge in [-0.3, -0.25) is 4.79 Å². The van der Waals surface area contributed by atoms with Crippen LogP contribution in [0, 0.1) is 29.1 Å². The van der Waals surface area contributed by atoms with Gasteiger partial charge in [-0.05, 0) is 18.2 Å². The lowest BCUT2D eigenvalue weighted by molar-refractivity contribution is 0.102. The predicted molar refractivity (Wildman–Crippen MR) is 67.9 cm³/mol. The zero-order valence-corrected chi connectivity index (χ0v) is 10.9. The van der Waals surface area contributed by atoms with Crippen LogP contribution in [0.4, 0.5) is 27.6 Å². The quantitative estimate of drug-likeness (QED) is 0.490. The molecule has 0 atom stereocenters. The zero-order chi connectivity index (χ0) is 15.7. The molecule has 0 radical (unpaired) electrons. The largest absolute Gasteiger partial charge is 0.317 e. The average Bonchev–Trinajstić information content (AvgIpc) is 2.44. The minimum Gasteiger partial charge on any atom is -0.317 e. The van der Waals surface area contributed by atoms with Crippen molar-refractivity contribution in [1.82, 2.24) is 0 Å². The molecule has 2 aromatic rings. The molecule has 0 saturated carbocycles. The van der Waals surface area contributed by atoms with Gasteiger partial charge in [0.15, 0.2) is 23.3 Å². The molecule has 2 rings (SSSR count). The van der Waals surface area contributed by atoms with Crippen molar-refractivity contribution >= 4 is 24.2 Å². The topological polar surface area (TPSA) is 29.1 Å². The van der Waals surface area contributed by atoms with Crippen LogP contribution in [-0.2, 0) is 0 Å². The number of nitrogens with one attached hydrogen (secondary N) is 1. The van der Waals surface area contributed by atoms with Crippen LogP contribution in [0.1, 0.15) is 10.4 Å². The maximum absolute atomic E-state index is 13.4. The number of thiol groups is 1. The molecule has 2 aromatic carbocycles. The first-order valence-corrected chi connectivity index (χ1v) is 5.89. The van der Waals surface area contributed by atoms with Crippen molar-refractivity contribution in [3.05, 3.63) is 58.9 Å². The Morgan fingerprint density at radius 2 is 1.48 bits per heavy atom. The normalized spacial score (nSPS) is 10.6. The number of anilines is 1. The number of hydrogen-bond donors (Lipinski definition) is 2. The molecule has 0 fully saturated rings. The number of halogens is 5. The van der Waals surface area contributed by atoms with Crippen LogP contribution in [0.3, 0.4) is 0 Å².